The van der Waals surface area contributed by atoms with Crippen LogP contribution in [0.1, 0.15) is 19.6 Å². The number of aromatic nitrogens is 2. The van der Waals surface area contributed by atoms with Crippen molar-refractivity contribution >= 4 is 27.3 Å². The van der Waals surface area contributed by atoms with E-state index in [9.17, 15) is 18.7 Å². The van der Waals surface area contributed by atoms with Crippen LogP contribution in [0.5, 0.6) is 0 Å². The van der Waals surface area contributed by atoms with Crippen molar-refractivity contribution in [2.24, 2.45) is 0 Å². The minimum Gasteiger partial charge on any atom is -0.374 e. The van der Waals surface area contributed by atoms with E-state index in [1.165, 1.54) is 13.3 Å². The van der Waals surface area contributed by atoms with Gasteiger partial charge in [0, 0.05) is 19.4 Å². The summed E-state index contributed by atoms with van der Waals surface area (Å²) in [5, 5.41) is 0. The summed E-state index contributed by atoms with van der Waals surface area (Å²) in [4.78, 5) is 43.6. The van der Waals surface area contributed by atoms with Crippen molar-refractivity contribution in [1.29, 1.82) is 0 Å². The number of methoxy groups -OCH3 is 1. The number of rotatable bonds is 8. The fraction of sp³-hybridized carbons (Fsp3) is 0.667. The summed E-state index contributed by atoms with van der Waals surface area (Å²) >= 11 is 3.71. The highest BCUT2D eigenvalue weighted by molar-refractivity contribution is 8.39. The van der Waals surface area contributed by atoms with Crippen molar-refractivity contribution in [3.63, 3.8) is 0 Å². The molecular formula is C12H19N2O10P2S+. The van der Waals surface area contributed by atoms with Crippen LogP contribution in [0.4, 0.5) is 0 Å². The largest absolute Gasteiger partial charge is 0.582 e. The Labute approximate surface area is 159 Å². The normalized spacial score (nSPS) is 29.1. The second-order valence-electron chi connectivity index (χ2n) is 5.67. The van der Waals surface area contributed by atoms with Crippen LogP contribution >= 0.6 is 27.3 Å². The zero-order valence-electron chi connectivity index (χ0n) is 14.3. The van der Waals surface area contributed by atoms with E-state index in [0.717, 1.165) is 10.6 Å². The number of phosphoric acid groups is 1. The summed E-state index contributed by atoms with van der Waals surface area (Å²) in [6.45, 7) is 0.986. The molecule has 15 heteroatoms. The Hall–Kier alpha value is -0.880. The Morgan fingerprint density at radius 3 is 2.63 bits per heavy atom. The molecule has 0 amide bonds. The van der Waals surface area contributed by atoms with E-state index in [1.807, 2.05) is 0 Å². The molecule has 1 fully saturated rings. The molecular weight excluding hydrogens is 426 g/mol. The van der Waals surface area contributed by atoms with Crippen LogP contribution < -0.4 is 11.2 Å². The number of hydrogen-bond acceptors (Lipinski definition) is 8. The Morgan fingerprint density at radius 2 is 2.15 bits per heavy atom. The van der Waals surface area contributed by atoms with Gasteiger partial charge in [0.25, 0.3) is 5.56 Å². The van der Waals surface area contributed by atoms with Gasteiger partial charge in [0.05, 0.1) is 6.61 Å². The van der Waals surface area contributed by atoms with Crippen molar-refractivity contribution < 1.29 is 37.4 Å². The van der Waals surface area contributed by atoms with Crippen molar-refractivity contribution in [2.45, 2.75) is 37.4 Å². The lowest BCUT2D eigenvalue weighted by Crippen LogP contribution is -2.47. The highest BCUT2D eigenvalue weighted by Crippen LogP contribution is 2.49. The first-order chi connectivity index (χ1) is 12.5. The molecule has 0 saturated carbocycles. The van der Waals surface area contributed by atoms with Crippen LogP contribution in [0.2, 0.25) is 0 Å². The quantitative estimate of drug-likeness (QED) is 0.323. The second-order valence-corrected chi connectivity index (χ2v) is 8.58. The van der Waals surface area contributed by atoms with Crippen molar-refractivity contribution in [3.8, 4) is 0 Å². The maximum atomic E-state index is 12.1. The summed E-state index contributed by atoms with van der Waals surface area (Å²) in [7, 11) is -6.03. The smallest absolute Gasteiger partial charge is 0.374 e. The number of thiol groups is 1. The Bertz CT molecular complexity index is 853. The molecule has 2 unspecified atom stereocenters. The van der Waals surface area contributed by atoms with Crippen LogP contribution in [0.25, 0.3) is 0 Å². The predicted molar refractivity (Wildman–Crippen MR) is 94.7 cm³/mol. The molecule has 0 aliphatic carbocycles. The molecule has 2 heterocycles. The zero-order chi connectivity index (χ0) is 20.4. The minimum absolute atomic E-state index is 0.100. The summed E-state index contributed by atoms with van der Waals surface area (Å²) in [5.41, 5.74) is -2.94. The zero-order valence-corrected chi connectivity index (χ0v) is 16.9. The van der Waals surface area contributed by atoms with Crippen LogP contribution in [-0.2, 0) is 27.7 Å². The Kier molecular flexibility index (Phi) is 7.17. The highest BCUT2D eigenvalue weighted by Gasteiger charge is 2.60. The molecule has 0 aromatic carbocycles. The molecule has 12 nitrogen and oxygen atoms in total. The average molecular weight is 445 g/mol. The molecule has 3 N–H and O–H groups in total. The van der Waals surface area contributed by atoms with Crippen molar-refractivity contribution in [3.05, 3.63) is 33.1 Å². The van der Waals surface area contributed by atoms with Gasteiger partial charge in [-0.15, -0.1) is 4.52 Å². The van der Waals surface area contributed by atoms with Gasteiger partial charge in [0.15, 0.2) is 12.3 Å². The van der Waals surface area contributed by atoms with E-state index in [1.54, 1.807) is 6.92 Å². The molecule has 152 valence electrons. The fourth-order valence-corrected chi connectivity index (χ4v) is 4.05. The third kappa shape index (κ3) is 5.14. The summed E-state index contributed by atoms with van der Waals surface area (Å²) in [6, 6.07) is 1.09. The van der Waals surface area contributed by atoms with E-state index in [4.69, 9.17) is 23.8 Å². The maximum Gasteiger partial charge on any atom is 0.582 e. The molecule has 1 aliphatic rings. The summed E-state index contributed by atoms with van der Waals surface area (Å²) in [6.07, 6.45) is -2.06. The monoisotopic (exact) mass is 445 g/mol. The SMILES string of the molecule is CC[C@]1(COP(=O)(O)O)O[C@@H](n2ccc(=O)[nH]c2=O)C(OC)[C@H]1O[P+](=O)S. The third-order valence-electron chi connectivity index (χ3n) is 4.13. The lowest BCUT2D eigenvalue weighted by Gasteiger charge is -2.30. The highest BCUT2D eigenvalue weighted by atomic mass is 32.7. The number of nitrogens with zero attached hydrogens (tertiary/aromatic N) is 1. The summed E-state index contributed by atoms with van der Waals surface area (Å²) in [5.74, 6) is 0. The Morgan fingerprint density at radius 1 is 1.48 bits per heavy atom. The van der Waals surface area contributed by atoms with Gasteiger partial charge in [-0.25, -0.2) is 9.36 Å². The first kappa shape index (κ1) is 22.4. The van der Waals surface area contributed by atoms with Crippen LogP contribution in [0, 0.1) is 0 Å². The first-order valence-electron chi connectivity index (χ1n) is 7.58. The lowest BCUT2D eigenvalue weighted by molar-refractivity contribution is -0.125. The standard InChI is InChI=1S/C12H18N2O10P2S/c1-3-12(6-22-26(18,19)20)9(24-25(17)27)8(21-2)10(23-12)14-5-4-7(15)13-11(14)16/h4-5,8-10H,3,6H2,1-2H3,(H3-,13,15,16,17,18,19,20,27)/p+1/t8?,9-,10-,12-/m1/s1. The lowest BCUT2D eigenvalue weighted by atomic mass is 9.93. The fourth-order valence-electron chi connectivity index (χ4n) is 2.86. The average Bonchev–Trinajstić information content (AvgIpc) is 2.85. The molecule has 1 aromatic rings. The van der Waals surface area contributed by atoms with Gasteiger partial charge in [-0.1, -0.05) is 6.92 Å². The number of nitrogens with one attached hydrogen (secondary N) is 1. The van der Waals surface area contributed by atoms with Crippen LogP contribution in [-0.4, -0.2) is 50.9 Å². The van der Waals surface area contributed by atoms with Crippen molar-refractivity contribution in [1.82, 2.24) is 9.55 Å². The van der Waals surface area contributed by atoms with Gasteiger partial charge in [0.1, 0.15) is 24.0 Å². The van der Waals surface area contributed by atoms with Gasteiger partial charge in [0.2, 0.25) is 0 Å². The molecule has 0 radical (unpaired) electrons. The third-order valence-corrected chi connectivity index (χ3v) is 5.29. The van der Waals surface area contributed by atoms with E-state index in [0.29, 0.717) is 0 Å². The number of ether oxygens (including phenoxy) is 2. The van der Waals surface area contributed by atoms with Gasteiger partial charge < -0.3 is 19.3 Å². The first-order valence-corrected chi connectivity index (χ1v) is 11.4. The number of hydrogen-bond donors (Lipinski definition) is 4. The molecule has 1 aromatic heterocycles. The van der Waals surface area contributed by atoms with Crippen LogP contribution in [0.3, 0.4) is 0 Å². The van der Waals surface area contributed by atoms with E-state index < -0.39 is 56.9 Å². The number of phosphoric ester groups is 1. The molecule has 5 atom stereocenters. The van der Waals surface area contributed by atoms with Gasteiger partial charge >= 0.3 is 20.7 Å². The molecule has 0 spiro atoms. The second kappa shape index (κ2) is 8.64. The molecule has 1 aliphatic heterocycles. The maximum absolute atomic E-state index is 12.1. The molecule has 2 rings (SSSR count). The van der Waals surface area contributed by atoms with E-state index in [2.05, 4.69) is 21.8 Å². The topological polar surface area (TPSA) is 166 Å². The summed E-state index contributed by atoms with van der Waals surface area (Å²) < 4.78 is 44.9. The molecule has 27 heavy (non-hydrogen) atoms. The van der Waals surface area contributed by atoms with Gasteiger partial charge in [-0.05, 0) is 11.0 Å². The predicted octanol–water partition coefficient (Wildman–Crippen LogP) is 0.311. The number of H-pyrrole nitrogens is 1. The van der Waals surface area contributed by atoms with Gasteiger partial charge in [-0.2, -0.15) is 0 Å². The molecule has 0 bridgehead atoms. The minimum atomic E-state index is -4.85. The van der Waals surface area contributed by atoms with E-state index in [-0.39, 0.29) is 6.42 Å². The van der Waals surface area contributed by atoms with Crippen LogP contribution in [0.15, 0.2) is 21.9 Å². The number of aromatic amines is 1. The van der Waals surface area contributed by atoms with E-state index >= 15 is 0 Å². The Balaban J connectivity index is 2.51. The molecule has 1 saturated heterocycles. The van der Waals surface area contributed by atoms with Crippen molar-refractivity contribution in [2.75, 3.05) is 13.7 Å². The van der Waals surface area contributed by atoms with Gasteiger partial charge in [-0.3, -0.25) is 18.9 Å².